The van der Waals surface area contributed by atoms with Crippen LogP contribution in [-0.2, 0) is 6.54 Å². The number of aromatic nitrogens is 1. The van der Waals surface area contributed by atoms with Gasteiger partial charge in [-0.2, -0.15) is 0 Å². The first-order chi connectivity index (χ1) is 9.08. The van der Waals surface area contributed by atoms with Crippen molar-refractivity contribution >= 4 is 11.6 Å². The molecule has 0 aliphatic carbocycles. The van der Waals surface area contributed by atoms with Gasteiger partial charge in [0, 0.05) is 18.4 Å². The highest BCUT2D eigenvalue weighted by Gasteiger charge is 2.12. The second-order valence-corrected chi connectivity index (χ2v) is 4.19. The molecule has 0 radical (unpaired) electrons. The molecule has 0 aliphatic heterocycles. The minimum absolute atomic E-state index is 0.137. The Morgan fingerprint density at radius 1 is 1.37 bits per heavy atom. The molecule has 0 unspecified atom stereocenters. The zero-order valence-electron chi connectivity index (χ0n) is 10.5. The largest absolute Gasteiger partial charge is 0.396 e. The molecule has 0 aliphatic rings. The summed E-state index contributed by atoms with van der Waals surface area (Å²) in [6.07, 6.45) is 1.69. The number of benzene rings is 1. The van der Waals surface area contributed by atoms with Crippen molar-refractivity contribution in [2.75, 3.05) is 5.73 Å². The van der Waals surface area contributed by atoms with Crippen molar-refractivity contribution in [3.05, 3.63) is 59.2 Å². The third-order valence-electron chi connectivity index (χ3n) is 2.72. The predicted molar refractivity (Wildman–Crippen MR) is 71.0 cm³/mol. The molecule has 0 saturated carbocycles. The smallest absolute Gasteiger partial charge is 0.253 e. The lowest BCUT2D eigenvalue weighted by Gasteiger charge is -2.08. The molecule has 0 atom stereocenters. The van der Waals surface area contributed by atoms with Crippen LogP contribution in [0.2, 0.25) is 0 Å². The predicted octanol–water partition coefficient (Wildman–Crippen LogP) is 2.04. The number of anilines is 1. The molecule has 3 N–H and O–H groups in total. The van der Waals surface area contributed by atoms with E-state index in [4.69, 9.17) is 5.73 Å². The zero-order valence-corrected chi connectivity index (χ0v) is 10.5. The number of nitrogens with two attached hydrogens (primary N) is 1. The first-order valence-corrected chi connectivity index (χ1v) is 5.81. The fourth-order valence-electron chi connectivity index (χ4n) is 1.62. The molecule has 1 aromatic carbocycles. The van der Waals surface area contributed by atoms with Crippen LogP contribution in [-0.4, -0.2) is 10.9 Å². The number of carbonyl (C=O) groups excluding carboxylic acids is 1. The number of hydrogen-bond donors (Lipinski definition) is 2. The standard InChI is InChI=1S/C14H14FN3O/c1-9-5-6-10(7-17-9)8-18-14(19)11-3-2-4-12(15)13(11)16/h2-7H,8,16H2,1H3,(H,18,19). The lowest BCUT2D eigenvalue weighted by Crippen LogP contribution is -2.24. The van der Waals surface area contributed by atoms with Gasteiger partial charge in [0.15, 0.2) is 0 Å². The summed E-state index contributed by atoms with van der Waals surface area (Å²) in [6.45, 7) is 2.21. The number of nitrogens with zero attached hydrogens (tertiary/aromatic N) is 1. The summed E-state index contributed by atoms with van der Waals surface area (Å²) in [5.74, 6) is -0.998. The van der Waals surface area contributed by atoms with Crippen LogP contribution in [0.15, 0.2) is 36.5 Å². The molecule has 98 valence electrons. The van der Waals surface area contributed by atoms with Crippen molar-refractivity contribution in [3.63, 3.8) is 0 Å². The van der Waals surface area contributed by atoms with E-state index in [0.717, 1.165) is 11.3 Å². The number of rotatable bonds is 3. The second-order valence-electron chi connectivity index (χ2n) is 4.19. The maximum absolute atomic E-state index is 13.2. The van der Waals surface area contributed by atoms with E-state index in [0.29, 0.717) is 6.54 Å². The molecular formula is C14H14FN3O. The molecule has 19 heavy (non-hydrogen) atoms. The molecule has 0 spiro atoms. The minimum atomic E-state index is -0.593. The van der Waals surface area contributed by atoms with Gasteiger partial charge in [0.05, 0.1) is 11.3 Å². The molecule has 2 rings (SSSR count). The Balaban J connectivity index is 2.05. The van der Waals surface area contributed by atoms with Crippen molar-refractivity contribution < 1.29 is 9.18 Å². The molecule has 1 amide bonds. The van der Waals surface area contributed by atoms with Crippen molar-refractivity contribution in [1.82, 2.24) is 10.3 Å². The molecule has 5 heteroatoms. The van der Waals surface area contributed by atoms with Gasteiger partial charge >= 0.3 is 0 Å². The number of halogens is 1. The maximum atomic E-state index is 13.2. The fraction of sp³-hybridized carbons (Fsp3) is 0.143. The average Bonchev–Trinajstić information content (AvgIpc) is 2.41. The van der Waals surface area contributed by atoms with E-state index in [1.165, 1.54) is 18.2 Å². The van der Waals surface area contributed by atoms with Gasteiger partial charge in [-0.25, -0.2) is 4.39 Å². The summed E-state index contributed by atoms with van der Waals surface area (Å²) in [5, 5.41) is 2.68. The van der Waals surface area contributed by atoms with Gasteiger partial charge < -0.3 is 11.1 Å². The van der Waals surface area contributed by atoms with E-state index < -0.39 is 11.7 Å². The Hall–Kier alpha value is -2.43. The second kappa shape index (κ2) is 5.48. The zero-order chi connectivity index (χ0) is 13.8. The van der Waals surface area contributed by atoms with E-state index in [1.54, 1.807) is 6.20 Å². The molecule has 1 heterocycles. The number of para-hydroxylation sites is 1. The summed E-state index contributed by atoms with van der Waals surface area (Å²) in [4.78, 5) is 16.0. The van der Waals surface area contributed by atoms with Crippen LogP contribution in [0.4, 0.5) is 10.1 Å². The van der Waals surface area contributed by atoms with E-state index in [1.807, 2.05) is 19.1 Å². The molecular weight excluding hydrogens is 245 g/mol. The lowest BCUT2D eigenvalue weighted by molar-refractivity contribution is 0.0951. The van der Waals surface area contributed by atoms with Gasteiger partial charge in [-0.3, -0.25) is 9.78 Å². The van der Waals surface area contributed by atoms with E-state index in [-0.39, 0.29) is 11.3 Å². The minimum Gasteiger partial charge on any atom is -0.396 e. The number of amides is 1. The van der Waals surface area contributed by atoms with Crippen LogP contribution in [0.25, 0.3) is 0 Å². The Kier molecular flexibility index (Phi) is 3.75. The highest BCUT2D eigenvalue weighted by atomic mass is 19.1. The Morgan fingerprint density at radius 3 is 2.84 bits per heavy atom. The van der Waals surface area contributed by atoms with Crippen molar-refractivity contribution in [1.29, 1.82) is 0 Å². The monoisotopic (exact) mass is 259 g/mol. The Bertz CT molecular complexity index is 596. The van der Waals surface area contributed by atoms with Gasteiger partial charge in [-0.15, -0.1) is 0 Å². The number of nitrogen functional groups attached to an aromatic ring is 1. The highest BCUT2D eigenvalue weighted by molar-refractivity contribution is 5.99. The normalized spacial score (nSPS) is 10.2. The fourth-order valence-corrected chi connectivity index (χ4v) is 1.62. The van der Waals surface area contributed by atoms with E-state index in [2.05, 4.69) is 10.3 Å². The van der Waals surface area contributed by atoms with Crippen LogP contribution < -0.4 is 11.1 Å². The third kappa shape index (κ3) is 3.07. The number of hydrogen-bond acceptors (Lipinski definition) is 3. The molecule has 2 aromatic rings. The SMILES string of the molecule is Cc1ccc(CNC(=O)c2cccc(F)c2N)cn1. The third-order valence-corrected chi connectivity index (χ3v) is 2.72. The molecule has 0 fully saturated rings. The van der Waals surface area contributed by atoms with Crippen molar-refractivity contribution in [2.45, 2.75) is 13.5 Å². The van der Waals surface area contributed by atoms with Crippen LogP contribution in [0.3, 0.4) is 0 Å². The van der Waals surface area contributed by atoms with Gasteiger partial charge in [0.25, 0.3) is 5.91 Å². The van der Waals surface area contributed by atoms with Gasteiger partial charge in [-0.05, 0) is 30.7 Å². The van der Waals surface area contributed by atoms with Crippen LogP contribution in [0, 0.1) is 12.7 Å². The van der Waals surface area contributed by atoms with E-state index in [9.17, 15) is 9.18 Å². The van der Waals surface area contributed by atoms with Crippen molar-refractivity contribution in [3.8, 4) is 0 Å². The summed E-state index contributed by atoms with van der Waals surface area (Å²) < 4.78 is 13.2. The van der Waals surface area contributed by atoms with Crippen LogP contribution >= 0.6 is 0 Å². The summed E-state index contributed by atoms with van der Waals surface area (Å²) >= 11 is 0. The molecule has 1 aromatic heterocycles. The summed E-state index contributed by atoms with van der Waals surface area (Å²) in [6, 6.07) is 7.89. The first kappa shape index (κ1) is 13.0. The van der Waals surface area contributed by atoms with Gasteiger partial charge in [-0.1, -0.05) is 12.1 Å². The maximum Gasteiger partial charge on any atom is 0.253 e. The molecule has 0 saturated heterocycles. The van der Waals surface area contributed by atoms with Crippen LogP contribution in [0.1, 0.15) is 21.6 Å². The number of aryl methyl sites for hydroxylation is 1. The topological polar surface area (TPSA) is 68.0 Å². The lowest BCUT2D eigenvalue weighted by atomic mass is 10.1. The highest BCUT2D eigenvalue weighted by Crippen LogP contribution is 2.15. The van der Waals surface area contributed by atoms with Crippen LogP contribution in [0.5, 0.6) is 0 Å². The number of carbonyl (C=O) groups is 1. The molecule has 4 nitrogen and oxygen atoms in total. The Morgan fingerprint density at radius 2 is 2.16 bits per heavy atom. The quantitative estimate of drug-likeness (QED) is 0.829. The Labute approximate surface area is 110 Å². The van der Waals surface area contributed by atoms with Gasteiger partial charge in [0.2, 0.25) is 0 Å². The van der Waals surface area contributed by atoms with Gasteiger partial charge in [0.1, 0.15) is 5.82 Å². The summed E-state index contributed by atoms with van der Waals surface area (Å²) in [7, 11) is 0. The number of nitrogens with one attached hydrogen (secondary N) is 1. The van der Waals surface area contributed by atoms with E-state index >= 15 is 0 Å². The first-order valence-electron chi connectivity index (χ1n) is 5.81. The summed E-state index contributed by atoms with van der Waals surface area (Å²) in [5.41, 5.74) is 7.30. The van der Waals surface area contributed by atoms with Crippen molar-refractivity contribution in [2.24, 2.45) is 0 Å². The molecule has 0 bridgehead atoms. The average molecular weight is 259 g/mol. The number of pyridine rings is 1.